The zero-order chi connectivity index (χ0) is 27.3. The normalized spacial score (nSPS) is 11.1. The Balaban J connectivity index is 1.48. The molecular formula is C30H36N6O2. The van der Waals surface area contributed by atoms with Crippen LogP contribution in [0.4, 0.5) is 11.4 Å². The van der Waals surface area contributed by atoms with Crippen LogP contribution in [0.1, 0.15) is 59.5 Å². The molecule has 38 heavy (non-hydrogen) atoms. The maximum Gasteiger partial charge on any atom is 0.271 e. The molecular weight excluding hydrogens is 476 g/mol. The van der Waals surface area contributed by atoms with E-state index in [9.17, 15) is 9.59 Å². The molecule has 3 rings (SSSR count). The van der Waals surface area contributed by atoms with Crippen LogP contribution in [-0.4, -0.2) is 50.4 Å². The van der Waals surface area contributed by atoms with Gasteiger partial charge in [0.05, 0.1) is 12.4 Å². The van der Waals surface area contributed by atoms with Gasteiger partial charge in [-0.15, -0.1) is 0 Å². The van der Waals surface area contributed by atoms with Crippen molar-refractivity contribution >= 4 is 35.6 Å². The predicted octanol–water partition coefficient (Wildman–Crippen LogP) is 4.91. The second-order valence-electron chi connectivity index (χ2n) is 8.50. The van der Waals surface area contributed by atoms with Crippen molar-refractivity contribution in [1.82, 2.24) is 10.9 Å². The van der Waals surface area contributed by atoms with Crippen LogP contribution >= 0.6 is 0 Å². The van der Waals surface area contributed by atoms with Crippen LogP contribution in [0.5, 0.6) is 0 Å². The quantitative estimate of drug-likeness (QED) is 0.267. The summed E-state index contributed by atoms with van der Waals surface area (Å²) in [5.74, 6) is -0.538. The Labute approximate surface area is 225 Å². The molecule has 3 aromatic rings. The highest BCUT2D eigenvalue weighted by molar-refractivity contribution is 5.96. The minimum atomic E-state index is -0.269. The molecule has 0 aliphatic rings. The van der Waals surface area contributed by atoms with Crippen molar-refractivity contribution in [3.05, 3.63) is 95.1 Å². The van der Waals surface area contributed by atoms with Gasteiger partial charge in [0.2, 0.25) is 0 Å². The first-order chi connectivity index (χ1) is 18.5. The van der Waals surface area contributed by atoms with Crippen molar-refractivity contribution in [3.63, 3.8) is 0 Å². The fraction of sp³-hybridized carbons (Fsp3) is 0.267. The van der Waals surface area contributed by atoms with Gasteiger partial charge < -0.3 is 9.80 Å². The molecule has 3 aromatic carbocycles. The van der Waals surface area contributed by atoms with E-state index in [0.29, 0.717) is 11.1 Å². The van der Waals surface area contributed by atoms with Crippen molar-refractivity contribution < 1.29 is 9.59 Å². The molecule has 0 atom stereocenters. The molecule has 0 saturated heterocycles. The van der Waals surface area contributed by atoms with Gasteiger partial charge in [-0.05, 0) is 87.4 Å². The van der Waals surface area contributed by atoms with E-state index >= 15 is 0 Å². The van der Waals surface area contributed by atoms with Crippen LogP contribution in [-0.2, 0) is 0 Å². The molecule has 0 unspecified atom stereocenters. The molecule has 198 valence electrons. The number of amides is 2. The third kappa shape index (κ3) is 7.77. The average Bonchev–Trinajstić information content (AvgIpc) is 2.96. The zero-order valence-corrected chi connectivity index (χ0v) is 22.5. The molecule has 2 amide bonds. The molecule has 0 spiro atoms. The molecule has 2 N–H and O–H groups in total. The third-order valence-electron chi connectivity index (χ3n) is 6.21. The lowest BCUT2D eigenvalue weighted by Crippen LogP contribution is -2.22. The Morgan fingerprint density at radius 2 is 0.895 bits per heavy atom. The van der Waals surface area contributed by atoms with Crippen molar-refractivity contribution in [1.29, 1.82) is 0 Å². The lowest BCUT2D eigenvalue weighted by molar-refractivity contribution is 0.0947. The number of hydrogen-bond donors (Lipinski definition) is 2. The van der Waals surface area contributed by atoms with E-state index in [1.807, 2.05) is 48.5 Å². The molecule has 0 heterocycles. The van der Waals surface area contributed by atoms with E-state index in [1.165, 1.54) is 0 Å². The number of carbonyl (C=O) groups is 2. The third-order valence-corrected chi connectivity index (χ3v) is 6.21. The first kappa shape index (κ1) is 28.1. The predicted molar refractivity (Wildman–Crippen MR) is 157 cm³/mol. The number of benzene rings is 3. The van der Waals surface area contributed by atoms with E-state index in [4.69, 9.17) is 0 Å². The highest BCUT2D eigenvalue weighted by Gasteiger charge is 2.07. The number of carbonyl (C=O) groups excluding carboxylic acids is 2. The number of nitrogens with one attached hydrogen (secondary N) is 2. The lowest BCUT2D eigenvalue weighted by Gasteiger charge is -2.20. The van der Waals surface area contributed by atoms with Gasteiger partial charge in [0.1, 0.15) is 0 Å². The summed E-state index contributed by atoms with van der Waals surface area (Å²) in [6.07, 6.45) is 3.15. The minimum absolute atomic E-state index is 0.269. The zero-order valence-electron chi connectivity index (χ0n) is 22.5. The molecule has 0 aliphatic carbocycles. The van der Waals surface area contributed by atoms with E-state index in [1.54, 1.807) is 36.7 Å². The number of hydrogen-bond acceptors (Lipinski definition) is 6. The number of rotatable bonds is 12. The number of anilines is 2. The number of nitrogens with zero attached hydrogens (tertiary/aromatic N) is 4. The molecule has 0 fully saturated rings. The molecule has 0 bridgehead atoms. The molecule has 0 radical (unpaired) electrons. The van der Waals surface area contributed by atoms with Crippen molar-refractivity contribution in [3.8, 4) is 0 Å². The van der Waals surface area contributed by atoms with Crippen LogP contribution in [0.25, 0.3) is 0 Å². The summed E-state index contributed by atoms with van der Waals surface area (Å²) in [7, 11) is 0. The van der Waals surface area contributed by atoms with Gasteiger partial charge in [-0.25, -0.2) is 10.9 Å². The minimum Gasteiger partial charge on any atom is -0.372 e. The van der Waals surface area contributed by atoms with Gasteiger partial charge >= 0.3 is 0 Å². The fourth-order valence-corrected chi connectivity index (χ4v) is 3.95. The first-order valence-electron chi connectivity index (χ1n) is 13.0. The average molecular weight is 513 g/mol. The van der Waals surface area contributed by atoms with E-state index in [-0.39, 0.29) is 11.8 Å². The van der Waals surface area contributed by atoms with E-state index < -0.39 is 0 Å². The van der Waals surface area contributed by atoms with Crippen molar-refractivity contribution in [2.75, 3.05) is 36.0 Å². The van der Waals surface area contributed by atoms with Gasteiger partial charge in [0.25, 0.3) is 11.8 Å². The Bertz CT molecular complexity index is 1130. The Morgan fingerprint density at radius 1 is 0.579 bits per heavy atom. The summed E-state index contributed by atoms with van der Waals surface area (Å²) < 4.78 is 0. The largest absolute Gasteiger partial charge is 0.372 e. The van der Waals surface area contributed by atoms with Crippen LogP contribution in [0, 0.1) is 0 Å². The van der Waals surface area contributed by atoms with Crippen LogP contribution < -0.4 is 20.7 Å². The van der Waals surface area contributed by atoms with Gasteiger partial charge in [-0.1, -0.05) is 24.3 Å². The Kier molecular flexibility index (Phi) is 10.6. The monoisotopic (exact) mass is 512 g/mol. The SMILES string of the molecule is CCN(CC)c1ccc(C(=O)N/N=C\c2ccc(/C=N\NC(=O)c3ccc(N(CC)CC)cc3)cc2)cc1. The fourth-order valence-electron chi connectivity index (χ4n) is 3.95. The van der Waals surface area contributed by atoms with Crippen molar-refractivity contribution in [2.45, 2.75) is 27.7 Å². The number of hydrazone groups is 2. The standard InChI is InChI=1S/C30H36N6O2/c1-5-35(6-2)27-17-13-25(14-18-27)29(37)33-31-21-23-9-11-24(12-10-23)22-32-34-30(38)26-15-19-28(20-16-26)36(7-3)8-4/h9-22H,5-8H2,1-4H3,(H,33,37)(H,34,38)/b31-21-,32-22-. The summed E-state index contributed by atoms with van der Waals surface area (Å²) in [6.45, 7) is 12.1. The van der Waals surface area contributed by atoms with E-state index in [0.717, 1.165) is 48.7 Å². The highest BCUT2D eigenvalue weighted by atomic mass is 16.2. The maximum absolute atomic E-state index is 12.4. The second-order valence-corrected chi connectivity index (χ2v) is 8.50. The summed E-state index contributed by atoms with van der Waals surface area (Å²) in [5, 5.41) is 8.11. The molecule has 0 aromatic heterocycles. The van der Waals surface area contributed by atoms with Crippen LogP contribution in [0.3, 0.4) is 0 Å². The van der Waals surface area contributed by atoms with Crippen LogP contribution in [0.15, 0.2) is 83.0 Å². The first-order valence-corrected chi connectivity index (χ1v) is 13.0. The Morgan fingerprint density at radius 3 is 1.18 bits per heavy atom. The van der Waals surface area contributed by atoms with Crippen molar-refractivity contribution in [2.24, 2.45) is 10.2 Å². The smallest absolute Gasteiger partial charge is 0.271 e. The molecule has 8 heteroatoms. The van der Waals surface area contributed by atoms with Crippen LogP contribution in [0.2, 0.25) is 0 Å². The summed E-state index contributed by atoms with van der Waals surface area (Å²) in [5.41, 5.74) is 10.0. The van der Waals surface area contributed by atoms with Gasteiger partial charge in [0.15, 0.2) is 0 Å². The molecule has 0 saturated carbocycles. The topological polar surface area (TPSA) is 89.4 Å². The van der Waals surface area contributed by atoms with Gasteiger partial charge in [-0.2, -0.15) is 10.2 Å². The lowest BCUT2D eigenvalue weighted by atomic mass is 10.1. The maximum atomic E-state index is 12.4. The van der Waals surface area contributed by atoms with Gasteiger partial charge in [-0.3, -0.25) is 9.59 Å². The summed E-state index contributed by atoms with van der Waals surface area (Å²) >= 11 is 0. The summed E-state index contributed by atoms with van der Waals surface area (Å²) in [4.78, 5) is 29.2. The Hall–Kier alpha value is -4.46. The van der Waals surface area contributed by atoms with E-state index in [2.05, 4.69) is 58.5 Å². The highest BCUT2D eigenvalue weighted by Crippen LogP contribution is 2.16. The second kappa shape index (κ2) is 14.3. The van der Waals surface area contributed by atoms with Gasteiger partial charge in [0, 0.05) is 48.7 Å². The molecule has 8 nitrogen and oxygen atoms in total. The molecule has 0 aliphatic heterocycles. The summed E-state index contributed by atoms with van der Waals surface area (Å²) in [6, 6.07) is 22.4.